The van der Waals surface area contributed by atoms with E-state index in [0.29, 0.717) is 5.56 Å². The van der Waals surface area contributed by atoms with Crippen molar-refractivity contribution >= 4 is 22.2 Å². The second-order valence-electron chi connectivity index (χ2n) is 9.03. The lowest BCUT2D eigenvalue weighted by Crippen LogP contribution is -2.31. The largest absolute Gasteiger partial charge is 0.461 e. The zero-order chi connectivity index (χ0) is 28.4. The molecule has 0 fully saturated rings. The number of hydrogen-bond acceptors (Lipinski definition) is 7. The summed E-state index contributed by atoms with van der Waals surface area (Å²) in [6.45, 7) is 2.01. The first-order valence-corrected chi connectivity index (χ1v) is 14.0. The molecule has 206 valence electrons. The van der Waals surface area contributed by atoms with Gasteiger partial charge in [0, 0.05) is 0 Å². The predicted octanol–water partition coefficient (Wildman–Crippen LogP) is 5.86. The first-order valence-electron chi connectivity index (χ1n) is 12.6. The number of alkyl carbamates (subject to hydrolysis) is 1. The molecule has 8 nitrogen and oxygen atoms in total. The molecule has 0 aliphatic carbocycles. The maximum atomic E-state index is 12.7. The van der Waals surface area contributed by atoms with E-state index in [9.17, 15) is 18.0 Å². The summed E-state index contributed by atoms with van der Waals surface area (Å²) in [5.74, 6) is -0.444. The van der Waals surface area contributed by atoms with Crippen molar-refractivity contribution in [2.75, 3.05) is 0 Å². The molecule has 0 saturated carbocycles. The SMILES string of the molecule is Cc1ccc(S(=O)(=O)Oc2ccc(C(CC(=O)OCc3ccccc3)NC(=O)OCc3ccccc3)cc2)cc1. The Morgan fingerprint density at radius 2 is 1.27 bits per heavy atom. The number of carbonyl (C=O) groups is 2. The Morgan fingerprint density at radius 1 is 0.725 bits per heavy atom. The monoisotopic (exact) mass is 559 g/mol. The van der Waals surface area contributed by atoms with Gasteiger partial charge in [0.2, 0.25) is 0 Å². The van der Waals surface area contributed by atoms with Gasteiger partial charge in [-0.3, -0.25) is 4.79 Å². The van der Waals surface area contributed by atoms with Gasteiger partial charge in [0.25, 0.3) is 0 Å². The van der Waals surface area contributed by atoms with Crippen molar-refractivity contribution in [2.45, 2.75) is 37.5 Å². The lowest BCUT2D eigenvalue weighted by Gasteiger charge is -2.19. The van der Waals surface area contributed by atoms with Gasteiger partial charge in [-0.25, -0.2) is 4.79 Å². The molecule has 40 heavy (non-hydrogen) atoms. The minimum absolute atomic E-state index is 0.0315. The number of hydrogen-bond donors (Lipinski definition) is 1. The second kappa shape index (κ2) is 13.4. The normalized spacial score (nSPS) is 11.7. The molecular weight excluding hydrogens is 530 g/mol. The van der Waals surface area contributed by atoms with Crippen LogP contribution in [-0.4, -0.2) is 20.5 Å². The van der Waals surface area contributed by atoms with E-state index < -0.39 is 28.2 Å². The number of benzene rings is 4. The molecule has 4 aromatic rings. The maximum Gasteiger partial charge on any atom is 0.407 e. The highest BCUT2D eigenvalue weighted by Gasteiger charge is 2.22. The van der Waals surface area contributed by atoms with Crippen LogP contribution in [0.4, 0.5) is 4.79 Å². The average molecular weight is 560 g/mol. The molecule has 1 amide bonds. The third kappa shape index (κ3) is 8.44. The van der Waals surface area contributed by atoms with Crippen LogP contribution in [0, 0.1) is 6.92 Å². The molecule has 1 N–H and O–H groups in total. The summed E-state index contributed by atoms with van der Waals surface area (Å²) in [7, 11) is -4.03. The fourth-order valence-electron chi connectivity index (χ4n) is 3.76. The van der Waals surface area contributed by atoms with Gasteiger partial charge in [-0.05, 0) is 47.9 Å². The van der Waals surface area contributed by atoms with Crippen molar-refractivity contribution in [1.82, 2.24) is 5.32 Å². The Hall–Kier alpha value is -4.63. The Balaban J connectivity index is 1.44. The van der Waals surface area contributed by atoms with E-state index in [-0.39, 0.29) is 30.3 Å². The fraction of sp³-hybridized carbons (Fsp3) is 0.161. The third-order valence-corrected chi connectivity index (χ3v) is 7.18. The van der Waals surface area contributed by atoms with Crippen LogP contribution in [0.3, 0.4) is 0 Å². The topological polar surface area (TPSA) is 108 Å². The molecule has 0 aliphatic rings. The average Bonchev–Trinajstić information content (AvgIpc) is 2.96. The molecule has 0 bridgehead atoms. The summed E-state index contributed by atoms with van der Waals surface area (Å²) < 4.78 is 41.3. The van der Waals surface area contributed by atoms with Crippen molar-refractivity contribution in [3.8, 4) is 5.75 Å². The quantitative estimate of drug-likeness (QED) is 0.181. The number of esters is 1. The number of aryl methyl sites for hydroxylation is 1. The standard InChI is InChI=1S/C31H29NO7S/c1-23-12-18-28(19-13-23)40(35,36)39-27-16-14-26(15-17-27)29(20-30(33)37-21-24-8-4-2-5-9-24)32-31(34)38-22-25-10-6-3-7-11-25/h2-19,29H,20-22H2,1H3,(H,32,34). The number of ether oxygens (including phenoxy) is 2. The molecule has 1 atom stereocenters. The molecule has 1 unspecified atom stereocenters. The van der Waals surface area contributed by atoms with E-state index in [2.05, 4.69) is 5.32 Å². The van der Waals surface area contributed by atoms with Gasteiger partial charge in [0.1, 0.15) is 23.9 Å². The van der Waals surface area contributed by atoms with Crippen molar-refractivity contribution < 1.29 is 31.7 Å². The number of nitrogens with one attached hydrogen (secondary N) is 1. The summed E-state index contributed by atoms with van der Waals surface area (Å²) in [4.78, 5) is 25.3. The van der Waals surface area contributed by atoms with Crippen molar-refractivity contribution in [2.24, 2.45) is 0 Å². The predicted molar refractivity (Wildman–Crippen MR) is 149 cm³/mol. The highest BCUT2D eigenvalue weighted by molar-refractivity contribution is 7.87. The van der Waals surface area contributed by atoms with E-state index in [0.717, 1.165) is 16.7 Å². The molecule has 0 spiro atoms. The molecular formula is C31H29NO7S. The smallest absolute Gasteiger partial charge is 0.407 e. The second-order valence-corrected chi connectivity index (χ2v) is 10.6. The van der Waals surface area contributed by atoms with Crippen LogP contribution in [0.1, 0.15) is 34.7 Å². The summed E-state index contributed by atoms with van der Waals surface area (Å²) >= 11 is 0. The lowest BCUT2D eigenvalue weighted by molar-refractivity contribution is -0.145. The molecule has 0 aromatic heterocycles. The van der Waals surface area contributed by atoms with Crippen LogP contribution in [-0.2, 0) is 37.6 Å². The minimum atomic E-state index is -4.03. The Labute approximate surface area is 233 Å². The van der Waals surface area contributed by atoms with Crippen LogP contribution >= 0.6 is 0 Å². The molecule has 0 radical (unpaired) electrons. The van der Waals surface area contributed by atoms with Gasteiger partial charge in [-0.15, -0.1) is 0 Å². The number of amides is 1. The van der Waals surface area contributed by atoms with E-state index in [4.69, 9.17) is 13.7 Å². The molecule has 9 heteroatoms. The van der Waals surface area contributed by atoms with Gasteiger partial charge >= 0.3 is 22.2 Å². The van der Waals surface area contributed by atoms with Crippen LogP contribution in [0.25, 0.3) is 0 Å². The van der Waals surface area contributed by atoms with Crippen molar-refractivity contribution in [3.05, 3.63) is 131 Å². The van der Waals surface area contributed by atoms with E-state index >= 15 is 0 Å². The van der Waals surface area contributed by atoms with Gasteiger partial charge in [-0.2, -0.15) is 8.42 Å². The molecule has 0 aliphatic heterocycles. The Kier molecular flexibility index (Phi) is 9.53. The summed E-state index contributed by atoms with van der Waals surface area (Å²) in [5, 5.41) is 2.71. The number of carbonyl (C=O) groups excluding carboxylic acids is 2. The zero-order valence-electron chi connectivity index (χ0n) is 21.9. The lowest BCUT2D eigenvalue weighted by atomic mass is 10.0. The summed E-state index contributed by atoms with van der Waals surface area (Å²) in [5.41, 5.74) is 3.10. The van der Waals surface area contributed by atoms with Crippen LogP contribution in [0.2, 0.25) is 0 Å². The Bertz CT molecular complexity index is 1450. The number of rotatable bonds is 11. The van der Waals surface area contributed by atoms with Gasteiger partial charge in [-0.1, -0.05) is 90.5 Å². The highest BCUT2D eigenvalue weighted by atomic mass is 32.2. The fourth-order valence-corrected chi connectivity index (χ4v) is 4.69. The van der Waals surface area contributed by atoms with Crippen LogP contribution in [0.15, 0.2) is 114 Å². The van der Waals surface area contributed by atoms with Crippen molar-refractivity contribution in [1.29, 1.82) is 0 Å². The minimum Gasteiger partial charge on any atom is -0.461 e. The molecule has 0 saturated heterocycles. The van der Waals surface area contributed by atoms with E-state index in [1.165, 1.54) is 24.3 Å². The van der Waals surface area contributed by atoms with Crippen LogP contribution < -0.4 is 9.50 Å². The summed E-state index contributed by atoms with van der Waals surface area (Å²) in [6, 6.07) is 30.0. The Morgan fingerprint density at radius 3 is 1.85 bits per heavy atom. The van der Waals surface area contributed by atoms with E-state index in [1.807, 2.05) is 67.6 Å². The maximum absolute atomic E-state index is 12.7. The van der Waals surface area contributed by atoms with E-state index in [1.54, 1.807) is 24.3 Å². The molecule has 4 aromatic carbocycles. The van der Waals surface area contributed by atoms with Gasteiger partial charge in [0.05, 0.1) is 12.5 Å². The van der Waals surface area contributed by atoms with Crippen molar-refractivity contribution in [3.63, 3.8) is 0 Å². The first-order chi connectivity index (χ1) is 19.3. The molecule has 4 rings (SSSR count). The highest BCUT2D eigenvalue weighted by Crippen LogP contribution is 2.24. The zero-order valence-corrected chi connectivity index (χ0v) is 22.7. The van der Waals surface area contributed by atoms with Crippen LogP contribution in [0.5, 0.6) is 5.75 Å². The first kappa shape index (κ1) is 28.4. The third-order valence-electron chi connectivity index (χ3n) is 5.92. The van der Waals surface area contributed by atoms with Gasteiger partial charge in [0.15, 0.2) is 0 Å². The molecule has 0 heterocycles. The van der Waals surface area contributed by atoms with Gasteiger partial charge < -0.3 is 19.0 Å². The summed E-state index contributed by atoms with van der Waals surface area (Å²) in [6.07, 6.45) is -0.887.